The number of oxime groups is 1. The Morgan fingerprint density at radius 2 is 2.07 bits per heavy atom. The zero-order valence-corrected chi connectivity index (χ0v) is 15.9. The van der Waals surface area contributed by atoms with E-state index in [1.165, 1.54) is 25.7 Å². The largest absolute Gasteiger partial charge is 0.503 e. The predicted molar refractivity (Wildman–Crippen MR) is 104 cm³/mol. The van der Waals surface area contributed by atoms with E-state index >= 15 is 0 Å². The van der Waals surface area contributed by atoms with Crippen LogP contribution in [0, 0.1) is 0 Å². The lowest BCUT2D eigenvalue weighted by atomic mass is 9.76. The van der Waals surface area contributed by atoms with Crippen LogP contribution in [0.5, 0.6) is 0 Å². The van der Waals surface area contributed by atoms with Crippen molar-refractivity contribution in [3.8, 4) is 0 Å². The second-order valence-electron chi connectivity index (χ2n) is 7.64. The Hall–Kier alpha value is -2.84. The molecule has 150 valence electrons. The summed E-state index contributed by atoms with van der Waals surface area (Å²) in [4.78, 5) is 19.0. The third kappa shape index (κ3) is 3.36. The van der Waals surface area contributed by atoms with Gasteiger partial charge in [0, 0.05) is 30.8 Å². The molecule has 0 bridgehead atoms. The molecule has 1 spiro atoms. The van der Waals surface area contributed by atoms with Crippen molar-refractivity contribution in [3.63, 3.8) is 0 Å². The first-order valence-electron chi connectivity index (χ1n) is 9.80. The third-order valence-electron chi connectivity index (χ3n) is 5.83. The van der Waals surface area contributed by atoms with E-state index in [2.05, 4.69) is 27.5 Å². The molecule has 5 rings (SSSR count). The Balaban J connectivity index is 0.000000442. The van der Waals surface area contributed by atoms with Crippen molar-refractivity contribution < 1.29 is 19.8 Å². The van der Waals surface area contributed by atoms with Crippen LogP contribution in [0.1, 0.15) is 57.4 Å². The zero-order valence-electron chi connectivity index (χ0n) is 15.9. The third-order valence-corrected chi connectivity index (χ3v) is 5.83. The molecule has 2 aromatic rings. The summed E-state index contributed by atoms with van der Waals surface area (Å²) >= 11 is 0. The van der Waals surface area contributed by atoms with Gasteiger partial charge in [-0.1, -0.05) is 5.16 Å². The summed E-state index contributed by atoms with van der Waals surface area (Å²) in [5.41, 5.74) is 4.19. The number of pyridine rings is 1. The number of aromatic nitrogens is 3. The van der Waals surface area contributed by atoms with Gasteiger partial charge in [0.2, 0.25) is 0 Å². The molecule has 1 aliphatic heterocycles. The van der Waals surface area contributed by atoms with Gasteiger partial charge in [0.05, 0.1) is 23.0 Å². The lowest BCUT2D eigenvalue weighted by Gasteiger charge is -2.34. The molecule has 2 aliphatic carbocycles. The molecule has 0 amide bonds. The minimum atomic E-state index is -1.83. The molecule has 28 heavy (non-hydrogen) atoms. The predicted octanol–water partition coefficient (Wildman–Crippen LogP) is 3.69. The summed E-state index contributed by atoms with van der Waals surface area (Å²) in [6.07, 6.45) is 10.2. The smallest absolute Gasteiger partial charge is 0.450 e. The van der Waals surface area contributed by atoms with Gasteiger partial charge >= 0.3 is 6.16 Å². The van der Waals surface area contributed by atoms with E-state index in [0.29, 0.717) is 6.04 Å². The number of fused-ring (bicyclic) bond motifs is 1. The molecule has 3 N–H and O–H groups in total. The number of carbonyl (C=O) groups is 1. The van der Waals surface area contributed by atoms with Gasteiger partial charge in [-0.05, 0) is 45.4 Å². The van der Waals surface area contributed by atoms with Crippen molar-refractivity contribution in [2.24, 2.45) is 5.16 Å². The maximum Gasteiger partial charge on any atom is 0.503 e. The van der Waals surface area contributed by atoms with E-state index < -0.39 is 6.16 Å². The fourth-order valence-electron chi connectivity index (χ4n) is 3.89. The topological polar surface area (TPSA) is 122 Å². The molecule has 9 nitrogen and oxygen atoms in total. The van der Waals surface area contributed by atoms with Crippen LogP contribution in [0.2, 0.25) is 0 Å². The van der Waals surface area contributed by atoms with Crippen LogP contribution in [-0.2, 0) is 11.4 Å². The first-order chi connectivity index (χ1) is 13.5. The van der Waals surface area contributed by atoms with Crippen LogP contribution in [0.15, 0.2) is 17.5 Å². The number of nitrogens with zero attached hydrogens (tertiary/aromatic N) is 4. The summed E-state index contributed by atoms with van der Waals surface area (Å²) in [6.45, 7) is 2.92. The summed E-state index contributed by atoms with van der Waals surface area (Å²) in [5.74, 6) is 0. The van der Waals surface area contributed by atoms with E-state index in [9.17, 15) is 0 Å². The number of hydrogen-bond donors (Lipinski definition) is 3. The van der Waals surface area contributed by atoms with Crippen LogP contribution in [0.3, 0.4) is 0 Å². The molecule has 0 aromatic carbocycles. The number of aryl methyl sites for hydroxylation is 1. The van der Waals surface area contributed by atoms with E-state index in [4.69, 9.17) is 19.8 Å². The summed E-state index contributed by atoms with van der Waals surface area (Å²) in [7, 11) is 0. The summed E-state index contributed by atoms with van der Waals surface area (Å²) in [6, 6.07) is 0.555. The first-order valence-corrected chi connectivity index (χ1v) is 9.80. The van der Waals surface area contributed by atoms with Crippen molar-refractivity contribution in [2.45, 2.75) is 70.1 Å². The molecular weight excluding hydrogens is 362 g/mol. The monoisotopic (exact) mass is 387 g/mol. The molecule has 0 unspecified atom stereocenters. The molecule has 0 radical (unpaired) electrons. The second kappa shape index (κ2) is 7.29. The van der Waals surface area contributed by atoms with Gasteiger partial charge in [-0.25, -0.2) is 14.5 Å². The van der Waals surface area contributed by atoms with Gasteiger partial charge in [0.15, 0.2) is 5.65 Å². The summed E-state index contributed by atoms with van der Waals surface area (Å²) < 4.78 is 1.95. The van der Waals surface area contributed by atoms with Crippen LogP contribution < -0.4 is 5.32 Å². The van der Waals surface area contributed by atoms with Crippen molar-refractivity contribution in [1.82, 2.24) is 14.8 Å². The van der Waals surface area contributed by atoms with Crippen molar-refractivity contribution >= 4 is 28.6 Å². The SMILES string of the molecule is CCn1ncc2c(NC3CCC3)c(C3=NOC4(CCC4)C3)cnc21.O=C(O)O. The van der Waals surface area contributed by atoms with Gasteiger partial charge in [-0.3, -0.25) is 0 Å². The molecule has 9 heteroatoms. The van der Waals surface area contributed by atoms with Gasteiger partial charge < -0.3 is 20.4 Å². The number of nitrogens with one attached hydrogen (secondary N) is 1. The normalized spacial score (nSPS) is 19.8. The highest BCUT2D eigenvalue weighted by atomic mass is 16.7. The van der Waals surface area contributed by atoms with Crippen molar-refractivity contribution in [2.75, 3.05) is 5.32 Å². The molecular formula is C19H25N5O4. The highest BCUT2D eigenvalue weighted by Crippen LogP contribution is 2.44. The van der Waals surface area contributed by atoms with Crippen molar-refractivity contribution in [3.05, 3.63) is 18.0 Å². The quantitative estimate of drug-likeness (QED) is 0.731. The van der Waals surface area contributed by atoms with Gasteiger partial charge in [-0.15, -0.1) is 0 Å². The maximum absolute atomic E-state index is 8.56. The number of anilines is 1. The Bertz CT molecular complexity index is 910. The first kappa shape index (κ1) is 18.5. The zero-order chi connectivity index (χ0) is 19.7. The van der Waals surface area contributed by atoms with E-state index in [1.54, 1.807) is 0 Å². The molecule has 3 aliphatic rings. The Kier molecular flexibility index (Phi) is 4.82. The van der Waals surface area contributed by atoms with Crippen LogP contribution in [-0.4, -0.2) is 48.5 Å². The number of hydrogen-bond acceptors (Lipinski definition) is 6. The Morgan fingerprint density at radius 3 is 2.61 bits per heavy atom. The van der Waals surface area contributed by atoms with Gasteiger partial charge in [-0.2, -0.15) is 5.10 Å². The van der Waals surface area contributed by atoms with Crippen LogP contribution >= 0.6 is 0 Å². The highest BCUT2D eigenvalue weighted by Gasteiger charge is 2.45. The molecule has 2 aromatic heterocycles. The minimum absolute atomic E-state index is 0.0222. The number of carboxylic acid groups (broad SMARTS) is 2. The highest BCUT2D eigenvalue weighted by molar-refractivity contribution is 6.10. The molecule has 0 saturated heterocycles. The number of rotatable bonds is 4. The Labute approximate surface area is 162 Å². The molecule has 2 fully saturated rings. The van der Waals surface area contributed by atoms with E-state index in [1.807, 2.05) is 17.1 Å². The van der Waals surface area contributed by atoms with E-state index in [0.717, 1.165) is 53.8 Å². The van der Waals surface area contributed by atoms with Gasteiger partial charge in [0.25, 0.3) is 0 Å². The van der Waals surface area contributed by atoms with Crippen LogP contribution in [0.4, 0.5) is 10.5 Å². The minimum Gasteiger partial charge on any atom is -0.450 e. The lowest BCUT2D eigenvalue weighted by molar-refractivity contribution is -0.0755. The van der Waals surface area contributed by atoms with E-state index in [-0.39, 0.29) is 5.60 Å². The summed E-state index contributed by atoms with van der Waals surface area (Å²) in [5, 5.41) is 27.7. The van der Waals surface area contributed by atoms with Gasteiger partial charge in [0.1, 0.15) is 5.60 Å². The standard InChI is InChI=1S/C18H23N5O.CH2O3/c1-2-23-17-14(11-20-23)16(21-12-5-3-6-12)13(10-19-17)15-9-18(24-22-15)7-4-8-18;2-1(3)4/h10-12H,2-9H2,1H3,(H,19,21);(H2,2,3,4). The van der Waals surface area contributed by atoms with Crippen LogP contribution in [0.25, 0.3) is 11.0 Å². The molecule has 2 saturated carbocycles. The average Bonchev–Trinajstić information content (AvgIpc) is 3.21. The fraction of sp³-hybridized carbons (Fsp3) is 0.579. The molecule has 0 atom stereocenters. The van der Waals surface area contributed by atoms with Crippen molar-refractivity contribution in [1.29, 1.82) is 0 Å². The second-order valence-corrected chi connectivity index (χ2v) is 7.64. The average molecular weight is 387 g/mol. The Morgan fingerprint density at radius 1 is 1.32 bits per heavy atom. The maximum atomic E-state index is 8.56. The fourth-order valence-corrected chi connectivity index (χ4v) is 3.89. The lowest BCUT2D eigenvalue weighted by Crippen LogP contribution is -2.37. The molecule has 3 heterocycles.